The Morgan fingerprint density at radius 1 is 1.26 bits per heavy atom. The summed E-state index contributed by atoms with van der Waals surface area (Å²) in [4.78, 5) is 0. The van der Waals surface area contributed by atoms with Crippen LogP contribution in [0.5, 0.6) is 5.75 Å². The molecule has 5 heteroatoms. The van der Waals surface area contributed by atoms with Gasteiger partial charge in [0.1, 0.15) is 5.75 Å². The van der Waals surface area contributed by atoms with Crippen LogP contribution in [-0.2, 0) is 13.0 Å². The van der Waals surface area contributed by atoms with Crippen LogP contribution in [-0.4, -0.2) is 23.4 Å². The second-order valence-corrected chi connectivity index (χ2v) is 4.07. The first-order valence-electron chi connectivity index (χ1n) is 6.23. The molecule has 19 heavy (non-hydrogen) atoms. The molecule has 0 unspecified atom stereocenters. The quantitative estimate of drug-likeness (QED) is 0.885. The number of nitrogens with one attached hydrogen (secondary N) is 1. The molecule has 2 rings (SSSR count). The van der Waals surface area contributed by atoms with Crippen LogP contribution in [0, 0.1) is 0 Å². The molecule has 0 aliphatic carbocycles. The van der Waals surface area contributed by atoms with Crippen molar-refractivity contribution in [1.82, 2.24) is 9.78 Å². The highest BCUT2D eigenvalue weighted by molar-refractivity contribution is 5.85. The Bertz CT molecular complexity index is 482. The third-order valence-electron chi connectivity index (χ3n) is 2.79. The van der Waals surface area contributed by atoms with E-state index in [0.717, 1.165) is 24.4 Å². The van der Waals surface area contributed by atoms with Gasteiger partial charge in [-0.2, -0.15) is 5.10 Å². The van der Waals surface area contributed by atoms with Crippen molar-refractivity contribution in [2.45, 2.75) is 19.9 Å². The van der Waals surface area contributed by atoms with Gasteiger partial charge >= 0.3 is 0 Å². The van der Waals surface area contributed by atoms with Gasteiger partial charge in [-0.25, -0.2) is 0 Å². The van der Waals surface area contributed by atoms with Gasteiger partial charge in [-0.05, 0) is 31.0 Å². The van der Waals surface area contributed by atoms with Crippen molar-refractivity contribution in [3.8, 4) is 5.75 Å². The van der Waals surface area contributed by atoms with Crippen LogP contribution in [0.25, 0.3) is 0 Å². The van der Waals surface area contributed by atoms with Crippen molar-refractivity contribution >= 4 is 18.1 Å². The maximum Gasteiger partial charge on any atom is 0.119 e. The average Bonchev–Trinajstić information content (AvgIpc) is 2.86. The number of aryl methyl sites for hydroxylation is 2. The summed E-state index contributed by atoms with van der Waals surface area (Å²) in [5.74, 6) is 0.929. The summed E-state index contributed by atoms with van der Waals surface area (Å²) in [6, 6.07) is 8.24. The summed E-state index contributed by atoms with van der Waals surface area (Å²) < 4.78 is 7.36. The molecular weight excluding hydrogens is 262 g/mol. The highest BCUT2D eigenvalue weighted by Gasteiger charge is 1.98. The van der Waals surface area contributed by atoms with Crippen molar-refractivity contribution in [3.05, 3.63) is 42.2 Å². The second-order valence-electron chi connectivity index (χ2n) is 4.07. The third kappa shape index (κ3) is 4.48. The molecular formula is C14H20ClN3O. The molecule has 1 aromatic heterocycles. The van der Waals surface area contributed by atoms with Crippen molar-refractivity contribution in [3.63, 3.8) is 0 Å². The van der Waals surface area contributed by atoms with Gasteiger partial charge in [0.05, 0.1) is 18.5 Å². The van der Waals surface area contributed by atoms with Crippen LogP contribution in [0.15, 0.2) is 36.7 Å². The van der Waals surface area contributed by atoms with Crippen LogP contribution < -0.4 is 10.1 Å². The number of halogens is 1. The van der Waals surface area contributed by atoms with Gasteiger partial charge in [0.15, 0.2) is 0 Å². The molecule has 0 radical (unpaired) electrons. The predicted molar refractivity (Wildman–Crippen MR) is 80.3 cm³/mol. The normalized spacial score (nSPS) is 9.79. The van der Waals surface area contributed by atoms with Gasteiger partial charge in [-0.3, -0.25) is 4.68 Å². The van der Waals surface area contributed by atoms with Gasteiger partial charge < -0.3 is 10.1 Å². The minimum atomic E-state index is 0. The van der Waals surface area contributed by atoms with E-state index in [1.54, 1.807) is 0 Å². The van der Waals surface area contributed by atoms with Crippen LogP contribution in [0.3, 0.4) is 0 Å². The van der Waals surface area contributed by atoms with Crippen LogP contribution in [0.4, 0.5) is 5.69 Å². The maximum atomic E-state index is 5.42. The molecule has 0 amide bonds. The SMILES string of the molecule is CCOc1ccc(CCn2cc(NC)cn2)cc1.Cl. The fourth-order valence-electron chi connectivity index (χ4n) is 1.78. The smallest absolute Gasteiger partial charge is 0.119 e. The first kappa shape index (κ1) is 15.4. The third-order valence-corrected chi connectivity index (χ3v) is 2.79. The number of benzene rings is 1. The van der Waals surface area contributed by atoms with Gasteiger partial charge in [0.2, 0.25) is 0 Å². The largest absolute Gasteiger partial charge is 0.494 e. The molecule has 4 nitrogen and oxygen atoms in total. The Kier molecular flexibility index (Phi) is 6.22. The van der Waals surface area contributed by atoms with Crippen LogP contribution in [0.1, 0.15) is 12.5 Å². The zero-order valence-electron chi connectivity index (χ0n) is 11.3. The molecule has 0 fully saturated rings. The molecule has 1 N–H and O–H groups in total. The van der Waals surface area contributed by atoms with Gasteiger partial charge in [0, 0.05) is 19.8 Å². The second kappa shape index (κ2) is 7.69. The molecule has 104 valence electrons. The zero-order valence-corrected chi connectivity index (χ0v) is 12.1. The molecule has 0 saturated heterocycles. The Morgan fingerprint density at radius 2 is 2.00 bits per heavy atom. The van der Waals surface area contributed by atoms with Crippen molar-refractivity contribution in [2.24, 2.45) is 0 Å². The highest BCUT2D eigenvalue weighted by Crippen LogP contribution is 2.13. The fraction of sp³-hybridized carbons (Fsp3) is 0.357. The number of hydrogen-bond donors (Lipinski definition) is 1. The summed E-state index contributed by atoms with van der Waals surface area (Å²) in [7, 11) is 1.90. The van der Waals surface area contributed by atoms with Crippen molar-refractivity contribution < 1.29 is 4.74 Å². The zero-order chi connectivity index (χ0) is 12.8. The number of hydrogen-bond acceptors (Lipinski definition) is 3. The number of nitrogens with zero attached hydrogens (tertiary/aromatic N) is 2. The minimum absolute atomic E-state index is 0. The molecule has 1 heterocycles. The maximum absolute atomic E-state index is 5.42. The topological polar surface area (TPSA) is 39.1 Å². The molecule has 0 aliphatic heterocycles. The number of anilines is 1. The molecule has 0 atom stereocenters. The Balaban J connectivity index is 0.00000180. The van der Waals surface area contributed by atoms with E-state index >= 15 is 0 Å². The Hall–Kier alpha value is -1.68. The van der Waals surface area contributed by atoms with E-state index in [1.165, 1.54) is 5.56 Å². The van der Waals surface area contributed by atoms with Gasteiger partial charge in [-0.15, -0.1) is 12.4 Å². The van der Waals surface area contributed by atoms with Crippen molar-refractivity contribution in [1.29, 1.82) is 0 Å². The van der Waals surface area contributed by atoms with Crippen molar-refractivity contribution in [2.75, 3.05) is 19.0 Å². The minimum Gasteiger partial charge on any atom is -0.494 e. The summed E-state index contributed by atoms with van der Waals surface area (Å²) in [5, 5.41) is 7.35. The van der Waals surface area contributed by atoms with Crippen LogP contribution in [0.2, 0.25) is 0 Å². The molecule has 0 bridgehead atoms. The molecule has 0 spiro atoms. The number of aromatic nitrogens is 2. The van der Waals surface area contributed by atoms with E-state index in [-0.39, 0.29) is 12.4 Å². The molecule has 1 aromatic carbocycles. The number of ether oxygens (including phenoxy) is 1. The Morgan fingerprint density at radius 3 is 2.58 bits per heavy atom. The summed E-state index contributed by atoms with van der Waals surface area (Å²) in [6.07, 6.45) is 4.81. The van der Waals surface area contributed by atoms with E-state index in [2.05, 4.69) is 22.5 Å². The van der Waals surface area contributed by atoms with Gasteiger partial charge in [0.25, 0.3) is 0 Å². The van der Waals surface area contributed by atoms with E-state index in [1.807, 2.05) is 43.2 Å². The molecule has 2 aromatic rings. The monoisotopic (exact) mass is 281 g/mol. The lowest BCUT2D eigenvalue weighted by Gasteiger charge is -2.05. The standard InChI is InChI=1S/C14H19N3O.ClH/c1-3-18-14-6-4-12(5-7-14)8-9-17-11-13(15-2)10-16-17;/h4-7,10-11,15H,3,8-9H2,1-2H3;1H. The highest BCUT2D eigenvalue weighted by atomic mass is 35.5. The van der Waals surface area contributed by atoms with E-state index in [4.69, 9.17) is 4.74 Å². The summed E-state index contributed by atoms with van der Waals surface area (Å²) >= 11 is 0. The average molecular weight is 282 g/mol. The van der Waals surface area contributed by atoms with Gasteiger partial charge in [-0.1, -0.05) is 12.1 Å². The van der Waals surface area contributed by atoms with Crippen LogP contribution >= 0.6 is 12.4 Å². The van der Waals surface area contributed by atoms with E-state index < -0.39 is 0 Å². The van der Waals surface area contributed by atoms with E-state index in [9.17, 15) is 0 Å². The summed E-state index contributed by atoms with van der Waals surface area (Å²) in [5.41, 5.74) is 2.33. The molecule has 0 aliphatic rings. The van der Waals surface area contributed by atoms with E-state index in [0.29, 0.717) is 6.61 Å². The number of rotatable bonds is 6. The lowest BCUT2D eigenvalue weighted by Crippen LogP contribution is -2.01. The fourth-order valence-corrected chi connectivity index (χ4v) is 1.78. The predicted octanol–water partition coefficient (Wildman–Crippen LogP) is 2.99. The Labute approximate surface area is 120 Å². The first-order chi connectivity index (χ1) is 8.81. The lowest BCUT2D eigenvalue weighted by molar-refractivity contribution is 0.340. The summed E-state index contributed by atoms with van der Waals surface area (Å²) in [6.45, 7) is 3.58. The lowest BCUT2D eigenvalue weighted by atomic mass is 10.1. The molecule has 0 saturated carbocycles. The first-order valence-corrected chi connectivity index (χ1v) is 6.23.